The second kappa shape index (κ2) is 4.62. The Kier molecular flexibility index (Phi) is 3.21. The van der Waals surface area contributed by atoms with Gasteiger partial charge in [0, 0.05) is 7.05 Å². The summed E-state index contributed by atoms with van der Waals surface area (Å²) in [5.74, 6) is 0. The Hall–Kier alpha value is -1.09. The molecule has 2 rings (SSSR count). The fourth-order valence-electron chi connectivity index (χ4n) is 2.13. The molecular formula is C12H16N2S. The van der Waals surface area contributed by atoms with E-state index in [4.69, 9.17) is 12.2 Å². The topological polar surface area (TPSA) is 24.1 Å². The Bertz CT molecular complexity index is 362. The van der Waals surface area contributed by atoms with E-state index in [2.05, 4.69) is 34.9 Å². The molecule has 0 fully saturated rings. The van der Waals surface area contributed by atoms with Gasteiger partial charge in [-0.05, 0) is 42.6 Å². The minimum absolute atomic E-state index is 0.384. The van der Waals surface area contributed by atoms with Gasteiger partial charge >= 0.3 is 0 Å². The molecule has 0 radical (unpaired) electrons. The lowest BCUT2D eigenvalue weighted by atomic mass is 9.88. The van der Waals surface area contributed by atoms with E-state index >= 15 is 0 Å². The first-order valence-corrected chi connectivity index (χ1v) is 5.78. The Balaban J connectivity index is 2.18. The maximum atomic E-state index is 5.14. The van der Waals surface area contributed by atoms with Crippen LogP contribution in [0.2, 0.25) is 0 Å². The predicted octanol–water partition coefficient (Wildman–Crippen LogP) is 2.16. The van der Waals surface area contributed by atoms with E-state index in [0.717, 1.165) is 5.11 Å². The molecule has 1 atom stereocenters. The zero-order chi connectivity index (χ0) is 10.7. The molecule has 1 aromatic rings. The minimum Gasteiger partial charge on any atom is -0.366 e. The summed E-state index contributed by atoms with van der Waals surface area (Å²) in [6, 6.07) is 9.00. The molecule has 1 aliphatic rings. The van der Waals surface area contributed by atoms with E-state index in [0.29, 0.717) is 6.04 Å². The number of nitrogens with one attached hydrogen (secondary N) is 2. The van der Waals surface area contributed by atoms with E-state index in [1.165, 1.54) is 30.4 Å². The van der Waals surface area contributed by atoms with Gasteiger partial charge in [-0.15, -0.1) is 0 Å². The van der Waals surface area contributed by atoms with E-state index in [9.17, 15) is 0 Å². The van der Waals surface area contributed by atoms with Gasteiger partial charge in [-0.2, -0.15) is 0 Å². The van der Waals surface area contributed by atoms with E-state index < -0.39 is 0 Å². The van der Waals surface area contributed by atoms with Gasteiger partial charge in [0.1, 0.15) is 0 Å². The Morgan fingerprint density at radius 1 is 1.40 bits per heavy atom. The fraction of sp³-hybridized carbons (Fsp3) is 0.417. The van der Waals surface area contributed by atoms with Crippen molar-refractivity contribution in [2.24, 2.45) is 0 Å². The standard InChI is InChI=1S/C12H16N2S/c1-13-12(15)14-11-8-4-6-9-5-2-3-7-10(9)11/h2-3,5,7,11H,4,6,8H2,1H3,(H2,13,14,15)/t11-/m0/s1. The van der Waals surface area contributed by atoms with E-state index in [-0.39, 0.29) is 0 Å². The van der Waals surface area contributed by atoms with Crippen LogP contribution >= 0.6 is 12.2 Å². The molecule has 0 spiro atoms. The molecule has 1 aromatic carbocycles. The predicted molar refractivity (Wildman–Crippen MR) is 66.9 cm³/mol. The SMILES string of the molecule is CNC(=S)N[C@H]1CCCc2ccccc21. The molecule has 2 nitrogen and oxygen atoms in total. The highest BCUT2D eigenvalue weighted by molar-refractivity contribution is 7.80. The summed E-state index contributed by atoms with van der Waals surface area (Å²) in [7, 11) is 1.85. The summed E-state index contributed by atoms with van der Waals surface area (Å²) in [6.07, 6.45) is 3.60. The van der Waals surface area contributed by atoms with Crippen LogP contribution in [0, 0.1) is 0 Å². The molecule has 0 aliphatic heterocycles. The second-order valence-corrected chi connectivity index (χ2v) is 4.28. The van der Waals surface area contributed by atoms with Gasteiger partial charge < -0.3 is 10.6 Å². The third-order valence-electron chi connectivity index (χ3n) is 2.90. The second-order valence-electron chi connectivity index (χ2n) is 3.87. The van der Waals surface area contributed by atoms with Crippen molar-refractivity contribution in [2.45, 2.75) is 25.3 Å². The first-order chi connectivity index (χ1) is 7.31. The number of aryl methyl sites for hydroxylation is 1. The van der Waals surface area contributed by atoms with Gasteiger partial charge in [0.15, 0.2) is 5.11 Å². The van der Waals surface area contributed by atoms with Crippen LogP contribution in [0.3, 0.4) is 0 Å². The summed E-state index contributed by atoms with van der Waals surface area (Å²) in [6.45, 7) is 0. The van der Waals surface area contributed by atoms with Crippen LogP contribution in [0.15, 0.2) is 24.3 Å². The summed E-state index contributed by atoms with van der Waals surface area (Å²) in [4.78, 5) is 0. The Labute approximate surface area is 96.1 Å². The summed E-state index contributed by atoms with van der Waals surface area (Å²) in [5, 5.41) is 7.04. The highest BCUT2D eigenvalue weighted by Gasteiger charge is 2.19. The molecule has 0 amide bonds. The van der Waals surface area contributed by atoms with Crippen molar-refractivity contribution >= 4 is 17.3 Å². The largest absolute Gasteiger partial charge is 0.366 e. The van der Waals surface area contributed by atoms with Gasteiger partial charge in [-0.1, -0.05) is 24.3 Å². The van der Waals surface area contributed by atoms with Crippen molar-refractivity contribution in [3.05, 3.63) is 35.4 Å². The third kappa shape index (κ3) is 2.29. The molecule has 0 unspecified atom stereocenters. The van der Waals surface area contributed by atoms with Crippen molar-refractivity contribution in [2.75, 3.05) is 7.05 Å². The maximum Gasteiger partial charge on any atom is 0.166 e. The van der Waals surface area contributed by atoms with Crippen molar-refractivity contribution in [3.63, 3.8) is 0 Å². The van der Waals surface area contributed by atoms with Crippen LogP contribution < -0.4 is 10.6 Å². The fourth-order valence-corrected chi connectivity index (χ4v) is 2.28. The number of fused-ring (bicyclic) bond motifs is 1. The summed E-state index contributed by atoms with van der Waals surface area (Å²) < 4.78 is 0. The van der Waals surface area contributed by atoms with Crippen LogP contribution in [0.25, 0.3) is 0 Å². The van der Waals surface area contributed by atoms with Crippen LogP contribution in [0.1, 0.15) is 30.0 Å². The Morgan fingerprint density at radius 2 is 2.20 bits per heavy atom. The molecule has 0 saturated carbocycles. The van der Waals surface area contributed by atoms with Crippen molar-refractivity contribution in [3.8, 4) is 0 Å². The molecule has 0 heterocycles. The number of rotatable bonds is 1. The highest BCUT2D eigenvalue weighted by Crippen LogP contribution is 2.29. The third-order valence-corrected chi connectivity index (χ3v) is 3.22. The zero-order valence-corrected chi connectivity index (χ0v) is 9.73. The van der Waals surface area contributed by atoms with Crippen molar-refractivity contribution < 1.29 is 0 Å². The molecular weight excluding hydrogens is 204 g/mol. The highest BCUT2D eigenvalue weighted by atomic mass is 32.1. The van der Waals surface area contributed by atoms with Gasteiger partial charge in [-0.25, -0.2) is 0 Å². The van der Waals surface area contributed by atoms with Crippen LogP contribution in [-0.4, -0.2) is 12.2 Å². The molecule has 0 bridgehead atoms. The van der Waals surface area contributed by atoms with Gasteiger partial charge in [0.25, 0.3) is 0 Å². The molecule has 0 saturated heterocycles. The molecule has 15 heavy (non-hydrogen) atoms. The quantitative estimate of drug-likeness (QED) is 0.709. The molecule has 0 aromatic heterocycles. The van der Waals surface area contributed by atoms with Crippen LogP contribution in [0.5, 0.6) is 0 Å². The van der Waals surface area contributed by atoms with E-state index in [1.54, 1.807) is 0 Å². The van der Waals surface area contributed by atoms with Crippen molar-refractivity contribution in [1.82, 2.24) is 10.6 Å². The summed E-state index contributed by atoms with van der Waals surface area (Å²) >= 11 is 5.14. The molecule has 80 valence electrons. The van der Waals surface area contributed by atoms with Gasteiger partial charge in [-0.3, -0.25) is 0 Å². The first-order valence-electron chi connectivity index (χ1n) is 5.37. The number of hydrogen-bond acceptors (Lipinski definition) is 1. The average Bonchev–Trinajstić information content (AvgIpc) is 2.29. The normalized spacial score (nSPS) is 19.1. The van der Waals surface area contributed by atoms with Crippen LogP contribution in [-0.2, 0) is 6.42 Å². The van der Waals surface area contributed by atoms with Gasteiger partial charge in [0.05, 0.1) is 6.04 Å². The van der Waals surface area contributed by atoms with Crippen LogP contribution in [0.4, 0.5) is 0 Å². The molecule has 3 heteroatoms. The number of hydrogen-bond donors (Lipinski definition) is 2. The van der Waals surface area contributed by atoms with Crippen molar-refractivity contribution in [1.29, 1.82) is 0 Å². The maximum absolute atomic E-state index is 5.14. The number of benzene rings is 1. The monoisotopic (exact) mass is 220 g/mol. The molecule has 1 aliphatic carbocycles. The Morgan fingerprint density at radius 3 is 3.00 bits per heavy atom. The lowest BCUT2D eigenvalue weighted by Gasteiger charge is -2.27. The van der Waals surface area contributed by atoms with E-state index in [1.807, 2.05) is 7.05 Å². The number of thiocarbonyl (C=S) groups is 1. The van der Waals surface area contributed by atoms with Gasteiger partial charge in [0.2, 0.25) is 0 Å². The zero-order valence-electron chi connectivity index (χ0n) is 8.92. The first kappa shape index (κ1) is 10.4. The molecule has 2 N–H and O–H groups in total. The lowest BCUT2D eigenvalue weighted by molar-refractivity contribution is 0.525. The lowest BCUT2D eigenvalue weighted by Crippen LogP contribution is -2.36. The summed E-state index contributed by atoms with van der Waals surface area (Å²) in [5.41, 5.74) is 2.86. The smallest absolute Gasteiger partial charge is 0.166 e. The average molecular weight is 220 g/mol. The minimum atomic E-state index is 0.384.